The molecule has 5 aliphatic rings. The maximum Gasteiger partial charge on any atom is 0.308 e. The fourth-order valence-electron chi connectivity index (χ4n) is 5.99. The van der Waals surface area contributed by atoms with Crippen LogP contribution < -0.4 is 25.6 Å². The van der Waals surface area contributed by atoms with Gasteiger partial charge in [-0.15, -0.1) is 0 Å². The van der Waals surface area contributed by atoms with E-state index < -0.39 is 0 Å². The summed E-state index contributed by atoms with van der Waals surface area (Å²) in [5, 5.41) is 4.62. The minimum atomic E-state index is -0.313. The van der Waals surface area contributed by atoms with E-state index in [1.54, 1.807) is 5.57 Å². The van der Waals surface area contributed by atoms with Gasteiger partial charge in [-0.05, 0) is 70.2 Å². The molecule has 2 aromatic carbocycles. The van der Waals surface area contributed by atoms with Crippen LogP contribution in [0.15, 0.2) is 60.2 Å². The van der Waals surface area contributed by atoms with Gasteiger partial charge in [-0.25, -0.2) is 0 Å². The highest BCUT2D eigenvalue weighted by Crippen LogP contribution is 2.33. The molecule has 0 radical (unpaired) electrons. The Hall–Kier alpha value is -3.85. The van der Waals surface area contributed by atoms with Crippen LogP contribution in [0.4, 0.5) is 0 Å². The first-order valence-electron chi connectivity index (χ1n) is 12.0. The number of ether oxygens (including phenoxy) is 2. The van der Waals surface area contributed by atoms with Crippen molar-refractivity contribution in [1.29, 1.82) is 0 Å². The van der Waals surface area contributed by atoms with Gasteiger partial charge in [0, 0.05) is 23.3 Å². The van der Waals surface area contributed by atoms with Crippen molar-refractivity contribution in [2.24, 2.45) is 0 Å². The number of rotatable bonds is 2. The zero-order chi connectivity index (χ0) is 22.8. The van der Waals surface area contributed by atoms with Gasteiger partial charge in [0.1, 0.15) is 17.6 Å². The Labute approximate surface area is 197 Å². The molecular weight excluding hydrogens is 420 g/mol. The summed E-state index contributed by atoms with van der Waals surface area (Å²) < 4.78 is 12.0. The second-order valence-electron chi connectivity index (χ2n) is 9.46. The molecule has 0 saturated carbocycles. The summed E-state index contributed by atoms with van der Waals surface area (Å²) in [6.45, 7) is 1.44. The first kappa shape index (κ1) is 19.6. The fraction of sp³-hybridized carbons (Fsp3) is 0.194. The van der Waals surface area contributed by atoms with Crippen molar-refractivity contribution < 1.29 is 14.3 Å². The third kappa shape index (κ3) is 2.86. The molecule has 7 rings (SSSR count). The highest BCUT2D eigenvalue weighted by molar-refractivity contribution is 5.82. The molecule has 4 aliphatic carbocycles. The van der Waals surface area contributed by atoms with Gasteiger partial charge in [-0.3, -0.25) is 4.79 Å². The molecule has 1 heterocycles. The average molecular weight is 445 g/mol. The standard InChI is InChI=1S/C31H24O3/c1-18(32)33-29-16-11-20-10-15-28-27(31(20)29)17-30(34-28)26-8-4-7-22-24-12-9-19-5-2-3-6-21(19)23(24)13-14-25(22)26/h3-4,6-8,10-17,26,30H,2,5,9H2,1H3/t26?,30-/m0/s1. The van der Waals surface area contributed by atoms with E-state index in [1.165, 1.54) is 40.5 Å². The van der Waals surface area contributed by atoms with E-state index in [2.05, 4.69) is 54.7 Å². The van der Waals surface area contributed by atoms with Crippen molar-refractivity contribution in [3.63, 3.8) is 0 Å². The van der Waals surface area contributed by atoms with Crippen LogP contribution in [0.2, 0.25) is 0 Å². The Morgan fingerprint density at radius 2 is 2.00 bits per heavy atom. The van der Waals surface area contributed by atoms with Crippen molar-refractivity contribution in [2.75, 3.05) is 0 Å². The lowest BCUT2D eigenvalue weighted by atomic mass is 9.81. The normalized spacial score (nSPS) is 22.4. The quantitative estimate of drug-likeness (QED) is 0.667. The summed E-state index contributed by atoms with van der Waals surface area (Å²) in [6, 6.07) is 8.64. The van der Waals surface area contributed by atoms with Crippen molar-refractivity contribution in [3.8, 4) is 5.75 Å². The first-order chi connectivity index (χ1) is 16.7. The molecule has 34 heavy (non-hydrogen) atoms. The van der Waals surface area contributed by atoms with Crippen molar-refractivity contribution in [3.05, 3.63) is 97.8 Å². The van der Waals surface area contributed by atoms with Gasteiger partial charge < -0.3 is 9.47 Å². The topological polar surface area (TPSA) is 35.5 Å². The molecule has 0 spiro atoms. The highest BCUT2D eigenvalue weighted by atomic mass is 16.5. The first-order valence-corrected chi connectivity index (χ1v) is 12.0. The molecule has 0 amide bonds. The molecule has 2 aromatic rings. The Bertz CT molecular complexity index is 1660. The van der Waals surface area contributed by atoms with Crippen LogP contribution in [0.3, 0.4) is 0 Å². The third-order valence-electron chi connectivity index (χ3n) is 7.48. The minimum Gasteiger partial charge on any atom is -0.485 e. The average Bonchev–Trinajstić information content (AvgIpc) is 3.46. The smallest absolute Gasteiger partial charge is 0.308 e. The van der Waals surface area contributed by atoms with Gasteiger partial charge in [0.25, 0.3) is 0 Å². The second-order valence-corrected chi connectivity index (χ2v) is 9.46. The summed E-state index contributed by atoms with van der Waals surface area (Å²) in [4.78, 5) is 11.6. The molecule has 1 unspecified atom stereocenters. The second kappa shape index (κ2) is 7.33. The predicted octanol–water partition coefficient (Wildman–Crippen LogP) is 3.35. The van der Waals surface area contributed by atoms with Gasteiger partial charge in [0.2, 0.25) is 0 Å². The monoisotopic (exact) mass is 444 g/mol. The van der Waals surface area contributed by atoms with Crippen molar-refractivity contribution >= 4 is 41.6 Å². The number of esters is 1. The van der Waals surface area contributed by atoms with Gasteiger partial charge >= 0.3 is 5.97 Å². The number of allylic oxidation sites excluding steroid dienone is 5. The molecule has 3 nitrogen and oxygen atoms in total. The Morgan fingerprint density at radius 3 is 2.91 bits per heavy atom. The molecule has 0 aromatic heterocycles. The van der Waals surface area contributed by atoms with E-state index in [0.29, 0.717) is 5.76 Å². The van der Waals surface area contributed by atoms with E-state index in [9.17, 15) is 4.79 Å². The Kier molecular flexibility index (Phi) is 4.22. The molecule has 2 atom stereocenters. The fourth-order valence-corrected chi connectivity index (χ4v) is 5.99. The SMILES string of the molecule is CC(=O)OC1=c2c(ccc3c2=C[C@@H](C2C=CC=c4c2ccc2c4=CCC4=C2C=CCC4)O3)C=C1. The molecular formula is C31H24O3. The number of hydrogen-bond donors (Lipinski definition) is 0. The van der Waals surface area contributed by atoms with Gasteiger partial charge in [-0.1, -0.05) is 66.3 Å². The number of hydrogen-bond acceptors (Lipinski definition) is 3. The molecule has 0 saturated heterocycles. The van der Waals surface area contributed by atoms with Crippen LogP contribution in [0.25, 0.3) is 35.6 Å². The van der Waals surface area contributed by atoms with Crippen LogP contribution in [0.5, 0.6) is 5.75 Å². The van der Waals surface area contributed by atoms with Gasteiger partial charge in [0.15, 0.2) is 0 Å². The molecule has 0 bridgehead atoms. The predicted molar refractivity (Wildman–Crippen MR) is 135 cm³/mol. The number of fused-ring (bicyclic) bond motifs is 7. The summed E-state index contributed by atoms with van der Waals surface area (Å²) in [5.74, 6) is 1.24. The summed E-state index contributed by atoms with van der Waals surface area (Å²) in [6.07, 6.45) is 23.0. The van der Waals surface area contributed by atoms with Crippen LogP contribution in [-0.2, 0) is 9.53 Å². The lowest BCUT2D eigenvalue weighted by Gasteiger charge is -2.26. The van der Waals surface area contributed by atoms with Crippen LogP contribution in [0.1, 0.15) is 48.8 Å². The molecule has 0 N–H and O–H groups in total. The molecule has 1 aliphatic heterocycles. The number of benzene rings is 2. The van der Waals surface area contributed by atoms with E-state index in [-0.39, 0.29) is 18.0 Å². The summed E-state index contributed by atoms with van der Waals surface area (Å²) in [5.41, 5.74) is 6.68. The third-order valence-corrected chi connectivity index (χ3v) is 7.48. The zero-order valence-electron chi connectivity index (χ0n) is 19.0. The van der Waals surface area contributed by atoms with E-state index in [0.717, 1.165) is 34.6 Å². The maximum absolute atomic E-state index is 11.6. The molecule has 3 heteroatoms. The Balaban J connectivity index is 1.34. The summed E-state index contributed by atoms with van der Waals surface area (Å²) >= 11 is 0. The summed E-state index contributed by atoms with van der Waals surface area (Å²) in [7, 11) is 0. The van der Waals surface area contributed by atoms with E-state index >= 15 is 0 Å². The van der Waals surface area contributed by atoms with Gasteiger partial charge in [0.05, 0.1) is 0 Å². The largest absolute Gasteiger partial charge is 0.485 e. The van der Waals surface area contributed by atoms with Crippen molar-refractivity contribution in [1.82, 2.24) is 0 Å². The number of carbonyl (C=O) groups is 1. The van der Waals surface area contributed by atoms with E-state index in [4.69, 9.17) is 9.47 Å². The maximum atomic E-state index is 11.6. The van der Waals surface area contributed by atoms with Gasteiger partial charge in [-0.2, -0.15) is 0 Å². The van der Waals surface area contributed by atoms with E-state index in [1.807, 2.05) is 24.3 Å². The molecule has 0 fully saturated rings. The Morgan fingerprint density at radius 1 is 1.06 bits per heavy atom. The lowest BCUT2D eigenvalue weighted by molar-refractivity contribution is -0.134. The minimum absolute atomic E-state index is 0.115. The molecule has 166 valence electrons. The highest BCUT2D eigenvalue weighted by Gasteiger charge is 2.29. The number of carbonyl (C=O) groups excluding carboxylic acids is 1. The zero-order valence-corrected chi connectivity index (χ0v) is 19.0. The van der Waals surface area contributed by atoms with Crippen molar-refractivity contribution in [2.45, 2.75) is 38.2 Å². The van der Waals surface area contributed by atoms with Crippen LogP contribution >= 0.6 is 0 Å². The van der Waals surface area contributed by atoms with Crippen LogP contribution in [-0.4, -0.2) is 12.1 Å². The van der Waals surface area contributed by atoms with Crippen LogP contribution in [0, 0.1) is 0 Å². The lowest BCUT2D eigenvalue weighted by Crippen LogP contribution is -2.37.